The van der Waals surface area contributed by atoms with Gasteiger partial charge in [-0.2, -0.15) is 0 Å². The summed E-state index contributed by atoms with van der Waals surface area (Å²) in [6.45, 7) is 4.13. The minimum Gasteiger partial charge on any atom is -0.351 e. The van der Waals surface area contributed by atoms with Crippen LogP contribution in [0.3, 0.4) is 0 Å². The molecule has 4 nitrogen and oxygen atoms in total. The fourth-order valence-electron chi connectivity index (χ4n) is 2.88. The van der Waals surface area contributed by atoms with Gasteiger partial charge < -0.3 is 10.6 Å². The molecular weight excluding hydrogens is 319 g/mol. The molecule has 0 saturated heterocycles. The minimum atomic E-state index is -0.991. The van der Waals surface area contributed by atoms with Crippen LogP contribution >= 0.6 is 0 Å². The Kier molecular flexibility index (Phi) is 4.57. The van der Waals surface area contributed by atoms with Gasteiger partial charge >= 0.3 is 0 Å². The van der Waals surface area contributed by atoms with Crippen LogP contribution in [0.2, 0.25) is 0 Å². The largest absolute Gasteiger partial charge is 0.351 e. The molecule has 130 valence electrons. The summed E-state index contributed by atoms with van der Waals surface area (Å²) in [5.41, 5.74) is 2.51. The van der Waals surface area contributed by atoms with Crippen molar-refractivity contribution < 1.29 is 14.0 Å². The van der Waals surface area contributed by atoms with Gasteiger partial charge in [-0.1, -0.05) is 30.3 Å². The number of amides is 2. The van der Waals surface area contributed by atoms with Gasteiger partial charge in [0, 0.05) is 12.2 Å². The lowest BCUT2D eigenvalue weighted by atomic mass is 10.0. The molecule has 1 saturated carbocycles. The van der Waals surface area contributed by atoms with E-state index in [2.05, 4.69) is 10.6 Å². The molecule has 2 amide bonds. The van der Waals surface area contributed by atoms with E-state index < -0.39 is 5.41 Å². The third-order valence-electron chi connectivity index (χ3n) is 4.71. The molecule has 0 spiro atoms. The summed E-state index contributed by atoms with van der Waals surface area (Å²) in [4.78, 5) is 25.2. The summed E-state index contributed by atoms with van der Waals surface area (Å²) >= 11 is 0. The zero-order valence-electron chi connectivity index (χ0n) is 14.4. The van der Waals surface area contributed by atoms with E-state index in [0.717, 1.165) is 22.4 Å². The molecule has 1 aliphatic rings. The molecule has 0 radical (unpaired) electrons. The van der Waals surface area contributed by atoms with Crippen LogP contribution in [0.25, 0.3) is 0 Å². The number of para-hydroxylation sites is 1. The fourth-order valence-corrected chi connectivity index (χ4v) is 2.88. The van der Waals surface area contributed by atoms with Crippen molar-refractivity contribution in [3.8, 4) is 0 Å². The van der Waals surface area contributed by atoms with Gasteiger partial charge in [0.2, 0.25) is 11.8 Å². The Morgan fingerprint density at radius 1 is 1.00 bits per heavy atom. The lowest BCUT2D eigenvalue weighted by Crippen LogP contribution is -2.39. The van der Waals surface area contributed by atoms with Crippen molar-refractivity contribution in [2.45, 2.75) is 33.2 Å². The number of benzene rings is 2. The standard InChI is InChI=1S/C20H21FN2O2/c1-13-4-3-5-14(2)17(13)23-19(25)20(10-11-20)18(24)22-12-15-6-8-16(21)9-7-15/h3-9H,10-12H2,1-2H3,(H,22,24)(H,23,25). The second-order valence-corrected chi connectivity index (χ2v) is 6.61. The number of hydrogen-bond acceptors (Lipinski definition) is 2. The fraction of sp³-hybridized carbons (Fsp3) is 0.300. The lowest BCUT2D eigenvalue weighted by Gasteiger charge is -2.18. The van der Waals surface area contributed by atoms with Crippen molar-refractivity contribution in [1.29, 1.82) is 0 Å². The number of anilines is 1. The number of rotatable bonds is 5. The Labute approximate surface area is 146 Å². The molecular formula is C20H21FN2O2. The summed E-state index contributed by atoms with van der Waals surface area (Å²) in [5, 5.41) is 5.71. The first-order valence-corrected chi connectivity index (χ1v) is 8.33. The quantitative estimate of drug-likeness (QED) is 0.819. The van der Waals surface area contributed by atoms with Gasteiger partial charge in [-0.25, -0.2) is 4.39 Å². The molecule has 0 heterocycles. The first kappa shape index (κ1) is 17.1. The van der Waals surface area contributed by atoms with E-state index in [4.69, 9.17) is 0 Å². The van der Waals surface area contributed by atoms with Gasteiger partial charge in [0.1, 0.15) is 11.2 Å². The first-order valence-electron chi connectivity index (χ1n) is 8.33. The van der Waals surface area contributed by atoms with Crippen LogP contribution < -0.4 is 10.6 Å². The van der Waals surface area contributed by atoms with E-state index >= 15 is 0 Å². The zero-order chi connectivity index (χ0) is 18.0. The number of carbonyl (C=O) groups excluding carboxylic acids is 2. The maximum absolute atomic E-state index is 12.9. The van der Waals surface area contributed by atoms with Gasteiger partial charge in [0.25, 0.3) is 0 Å². The Morgan fingerprint density at radius 3 is 2.16 bits per heavy atom. The van der Waals surface area contributed by atoms with Crippen molar-refractivity contribution >= 4 is 17.5 Å². The average Bonchev–Trinajstić information content (AvgIpc) is 3.39. The predicted octanol–water partition coefficient (Wildman–Crippen LogP) is 3.48. The van der Waals surface area contributed by atoms with E-state index in [0.29, 0.717) is 12.8 Å². The van der Waals surface area contributed by atoms with E-state index in [1.807, 2.05) is 32.0 Å². The van der Waals surface area contributed by atoms with E-state index in [9.17, 15) is 14.0 Å². The van der Waals surface area contributed by atoms with Gasteiger partial charge in [0.15, 0.2) is 0 Å². The number of carbonyl (C=O) groups is 2. The SMILES string of the molecule is Cc1cccc(C)c1NC(=O)C1(C(=O)NCc2ccc(F)cc2)CC1. The van der Waals surface area contributed by atoms with Crippen LogP contribution in [0.4, 0.5) is 10.1 Å². The van der Waals surface area contributed by atoms with Gasteiger partial charge in [-0.15, -0.1) is 0 Å². The van der Waals surface area contributed by atoms with Crippen LogP contribution in [-0.4, -0.2) is 11.8 Å². The summed E-state index contributed by atoms with van der Waals surface area (Å²) in [5.74, 6) is -0.858. The molecule has 0 aromatic heterocycles. The molecule has 0 bridgehead atoms. The zero-order valence-corrected chi connectivity index (χ0v) is 14.4. The van der Waals surface area contributed by atoms with Crippen molar-refractivity contribution in [1.82, 2.24) is 5.32 Å². The lowest BCUT2D eigenvalue weighted by molar-refractivity contribution is -0.134. The highest BCUT2D eigenvalue weighted by Crippen LogP contribution is 2.47. The van der Waals surface area contributed by atoms with Gasteiger partial charge in [-0.3, -0.25) is 9.59 Å². The second kappa shape index (κ2) is 6.67. The van der Waals surface area contributed by atoms with E-state index in [-0.39, 0.29) is 24.2 Å². The Morgan fingerprint density at radius 2 is 1.60 bits per heavy atom. The van der Waals surface area contributed by atoms with E-state index in [1.54, 1.807) is 12.1 Å². The Hall–Kier alpha value is -2.69. The third kappa shape index (κ3) is 3.55. The Balaban J connectivity index is 1.65. The molecule has 3 rings (SSSR count). The van der Waals surface area contributed by atoms with Crippen molar-refractivity contribution in [3.05, 3.63) is 65.0 Å². The minimum absolute atomic E-state index is 0.262. The Bertz CT molecular complexity index is 791. The van der Waals surface area contributed by atoms with Crippen LogP contribution in [-0.2, 0) is 16.1 Å². The molecule has 2 aromatic carbocycles. The van der Waals surface area contributed by atoms with Crippen molar-refractivity contribution in [2.24, 2.45) is 5.41 Å². The summed E-state index contributed by atoms with van der Waals surface area (Å²) < 4.78 is 12.9. The molecule has 0 unspecified atom stereocenters. The van der Waals surface area contributed by atoms with Crippen molar-refractivity contribution in [3.63, 3.8) is 0 Å². The molecule has 5 heteroatoms. The van der Waals surface area contributed by atoms with Gasteiger partial charge in [0.05, 0.1) is 0 Å². The van der Waals surface area contributed by atoms with Gasteiger partial charge in [-0.05, 0) is 55.5 Å². The highest BCUT2D eigenvalue weighted by molar-refractivity contribution is 6.13. The normalized spacial score (nSPS) is 14.7. The first-order chi connectivity index (χ1) is 11.9. The third-order valence-corrected chi connectivity index (χ3v) is 4.71. The maximum Gasteiger partial charge on any atom is 0.240 e. The number of aryl methyl sites for hydroxylation is 2. The topological polar surface area (TPSA) is 58.2 Å². The predicted molar refractivity (Wildman–Crippen MR) is 94.5 cm³/mol. The number of hydrogen-bond donors (Lipinski definition) is 2. The monoisotopic (exact) mass is 340 g/mol. The second-order valence-electron chi connectivity index (χ2n) is 6.61. The highest BCUT2D eigenvalue weighted by atomic mass is 19.1. The molecule has 2 aromatic rings. The molecule has 1 fully saturated rings. The molecule has 25 heavy (non-hydrogen) atoms. The number of halogens is 1. The number of nitrogens with one attached hydrogen (secondary N) is 2. The van der Waals surface area contributed by atoms with Crippen LogP contribution in [0.15, 0.2) is 42.5 Å². The van der Waals surface area contributed by atoms with Crippen molar-refractivity contribution in [2.75, 3.05) is 5.32 Å². The summed E-state index contributed by atoms with van der Waals surface area (Å²) in [6, 6.07) is 11.7. The summed E-state index contributed by atoms with van der Waals surface area (Å²) in [7, 11) is 0. The summed E-state index contributed by atoms with van der Waals surface area (Å²) in [6.07, 6.45) is 1.08. The maximum atomic E-state index is 12.9. The molecule has 2 N–H and O–H groups in total. The average molecular weight is 340 g/mol. The molecule has 1 aliphatic carbocycles. The van der Waals surface area contributed by atoms with E-state index in [1.165, 1.54) is 12.1 Å². The van der Waals surface area contributed by atoms with Crippen LogP contribution in [0, 0.1) is 25.1 Å². The highest BCUT2D eigenvalue weighted by Gasteiger charge is 2.56. The molecule has 0 atom stereocenters. The van der Waals surface area contributed by atoms with Crippen LogP contribution in [0.5, 0.6) is 0 Å². The smallest absolute Gasteiger partial charge is 0.240 e. The molecule has 0 aliphatic heterocycles. The van der Waals surface area contributed by atoms with Crippen LogP contribution in [0.1, 0.15) is 29.5 Å².